The van der Waals surface area contributed by atoms with Crippen molar-refractivity contribution in [3.63, 3.8) is 0 Å². The van der Waals surface area contributed by atoms with Crippen LogP contribution in [0.15, 0.2) is 12.2 Å². The van der Waals surface area contributed by atoms with Gasteiger partial charge < -0.3 is 15.2 Å². The van der Waals surface area contributed by atoms with E-state index in [1.807, 2.05) is 26.8 Å². The first-order chi connectivity index (χ1) is 11.1. The van der Waals surface area contributed by atoms with Crippen LogP contribution in [-0.4, -0.2) is 42.9 Å². The second-order valence-electron chi connectivity index (χ2n) is 5.60. The Morgan fingerprint density at radius 3 is 2.61 bits per heavy atom. The maximum Gasteiger partial charge on any atom is 0.329 e. The molecule has 1 amide bonds. The maximum absolute atomic E-state index is 12.1. The zero-order valence-electron chi connectivity index (χ0n) is 14.6. The topological polar surface area (TPSA) is 87.7 Å². The van der Waals surface area contributed by atoms with Crippen LogP contribution >= 0.6 is 0 Å². The Morgan fingerprint density at radius 1 is 1.26 bits per heavy atom. The fourth-order valence-corrected chi connectivity index (χ4v) is 2.02. The van der Waals surface area contributed by atoms with Gasteiger partial charge in [0.25, 0.3) is 0 Å². The van der Waals surface area contributed by atoms with E-state index in [-0.39, 0.29) is 31.1 Å². The van der Waals surface area contributed by atoms with Gasteiger partial charge in [0.15, 0.2) is 0 Å². The summed E-state index contributed by atoms with van der Waals surface area (Å²) in [7, 11) is 0. The van der Waals surface area contributed by atoms with Crippen molar-refractivity contribution >= 4 is 11.9 Å². The number of hydrogen-bond donors (Lipinski definition) is 3. The minimum absolute atomic E-state index is 0.0214. The number of carbonyl (C=O) groups excluding carboxylic acids is 2. The first-order valence-electron chi connectivity index (χ1n) is 8.45. The number of nitrogens with one attached hydrogen (secondary N) is 2. The second kappa shape index (κ2) is 14.2. The van der Waals surface area contributed by atoms with Crippen LogP contribution < -0.4 is 10.6 Å². The molecule has 0 bridgehead atoms. The van der Waals surface area contributed by atoms with E-state index in [9.17, 15) is 9.59 Å². The Balaban J connectivity index is 4.20. The summed E-state index contributed by atoms with van der Waals surface area (Å²) in [4.78, 5) is 24.1. The van der Waals surface area contributed by atoms with Crippen LogP contribution in [0.3, 0.4) is 0 Å². The Hall–Kier alpha value is -1.40. The standard InChI is InChI=1S/C17H32N2O4/c1-4-6-12-23-17(22)16(14(3)5-2)19-15(21)10-8-7-9-11-18-13-20/h4,6,14,16,18,20H,5,7-13H2,1-3H3,(H,19,21)/b6-4-. The molecule has 23 heavy (non-hydrogen) atoms. The second-order valence-corrected chi connectivity index (χ2v) is 5.60. The zero-order valence-corrected chi connectivity index (χ0v) is 14.6. The van der Waals surface area contributed by atoms with E-state index in [0.717, 1.165) is 32.2 Å². The highest BCUT2D eigenvalue weighted by Crippen LogP contribution is 2.10. The van der Waals surface area contributed by atoms with Crippen molar-refractivity contribution in [1.29, 1.82) is 0 Å². The smallest absolute Gasteiger partial charge is 0.329 e. The summed E-state index contributed by atoms with van der Waals surface area (Å²) in [5, 5.41) is 14.2. The molecule has 0 heterocycles. The summed E-state index contributed by atoms with van der Waals surface area (Å²) < 4.78 is 5.17. The van der Waals surface area contributed by atoms with E-state index in [0.29, 0.717) is 6.42 Å². The lowest BCUT2D eigenvalue weighted by Crippen LogP contribution is -2.46. The average molecular weight is 328 g/mol. The summed E-state index contributed by atoms with van der Waals surface area (Å²) in [6.45, 7) is 6.73. The highest BCUT2D eigenvalue weighted by atomic mass is 16.5. The summed E-state index contributed by atoms with van der Waals surface area (Å²) in [5.41, 5.74) is 0. The van der Waals surface area contributed by atoms with Gasteiger partial charge in [-0.25, -0.2) is 4.79 Å². The number of esters is 1. The van der Waals surface area contributed by atoms with Crippen LogP contribution in [0.2, 0.25) is 0 Å². The molecule has 0 aliphatic heterocycles. The fourth-order valence-electron chi connectivity index (χ4n) is 2.02. The molecule has 0 aliphatic rings. The highest BCUT2D eigenvalue weighted by molar-refractivity contribution is 5.84. The summed E-state index contributed by atoms with van der Waals surface area (Å²) in [5.74, 6) is -0.461. The Labute approximate surface area is 139 Å². The molecule has 3 N–H and O–H groups in total. The van der Waals surface area contributed by atoms with Crippen LogP contribution in [0, 0.1) is 5.92 Å². The van der Waals surface area contributed by atoms with Crippen molar-refractivity contribution in [3.8, 4) is 0 Å². The lowest BCUT2D eigenvalue weighted by molar-refractivity contribution is -0.148. The van der Waals surface area contributed by atoms with Crippen molar-refractivity contribution in [1.82, 2.24) is 10.6 Å². The first-order valence-corrected chi connectivity index (χ1v) is 8.45. The number of unbranched alkanes of at least 4 members (excludes halogenated alkanes) is 2. The predicted octanol–water partition coefficient (Wildman–Crippen LogP) is 1.74. The molecule has 0 rings (SSSR count). The van der Waals surface area contributed by atoms with Crippen molar-refractivity contribution in [2.24, 2.45) is 5.92 Å². The molecule has 2 unspecified atom stereocenters. The van der Waals surface area contributed by atoms with E-state index in [2.05, 4.69) is 10.6 Å². The molecule has 0 aromatic rings. The molecule has 6 nitrogen and oxygen atoms in total. The van der Waals surface area contributed by atoms with Gasteiger partial charge in [-0.05, 0) is 32.2 Å². The van der Waals surface area contributed by atoms with Crippen molar-refractivity contribution in [2.45, 2.75) is 58.9 Å². The lowest BCUT2D eigenvalue weighted by atomic mass is 9.99. The Bertz CT molecular complexity index is 359. The predicted molar refractivity (Wildman–Crippen MR) is 90.7 cm³/mol. The largest absolute Gasteiger partial charge is 0.460 e. The van der Waals surface area contributed by atoms with E-state index in [1.54, 1.807) is 6.08 Å². The van der Waals surface area contributed by atoms with Gasteiger partial charge in [0, 0.05) is 6.42 Å². The molecular weight excluding hydrogens is 296 g/mol. The number of carbonyl (C=O) groups is 2. The molecule has 0 aromatic carbocycles. The quantitative estimate of drug-likeness (QED) is 0.207. The van der Waals surface area contributed by atoms with Crippen molar-refractivity contribution in [3.05, 3.63) is 12.2 Å². The Kier molecular flexibility index (Phi) is 13.3. The van der Waals surface area contributed by atoms with Gasteiger partial charge in [-0.1, -0.05) is 38.8 Å². The van der Waals surface area contributed by atoms with Crippen LogP contribution in [0.1, 0.15) is 52.9 Å². The number of rotatable bonds is 13. The lowest BCUT2D eigenvalue weighted by Gasteiger charge is -2.22. The highest BCUT2D eigenvalue weighted by Gasteiger charge is 2.26. The maximum atomic E-state index is 12.1. The third kappa shape index (κ3) is 10.9. The molecule has 0 radical (unpaired) electrons. The summed E-state index contributed by atoms with van der Waals surface area (Å²) in [6.07, 6.45) is 7.34. The molecule has 0 spiro atoms. The normalized spacial score (nSPS) is 13.7. The van der Waals surface area contributed by atoms with E-state index < -0.39 is 6.04 Å². The molecular formula is C17H32N2O4. The van der Waals surface area contributed by atoms with Gasteiger partial charge in [-0.3, -0.25) is 10.1 Å². The minimum Gasteiger partial charge on any atom is -0.460 e. The first kappa shape index (κ1) is 21.6. The Morgan fingerprint density at radius 2 is 2.00 bits per heavy atom. The third-order valence-electron chi connectivity index (χ3n) is 3.71. The summed E-state index contributed by atoms with van der Waals surface area (Å²) in [6, 6.07) is -0.589. The third-order valence-corrected chi connectivity index (χ3v) is 3.71. The molecule has 0 saturated heterocycles. The monoisotopic (exact) mass is 328 g/mol. The SMILES string of the molecule is C/C=C\COC(=O)C(NC(=O)CCCCCNCO)C(C)CC. The molecule has 0 fully saturated rings. The van der Waals surface area contributed by atoms with Crippen LogP contribution in [-0.2, 0) is 14.3 Å². The van der Waals surface area contributed by atoms with Crippen molar-refractivity contribution in [2.75, 3.05) is 19.9 Å². The van der Waals surface area contributed by atoms with Gasteiger partial charge in [0.1, 0.15) is 12.6 Å². The van der Waals surface area contributed by atoms with Gasteiger partial charge in [0.2, 0.25) is 5.91 Å². The van der Waals surface area contributed by atoms with E-state index >= 15 is 0 Å². The molecule has 0 aliphatic carbocycles. The molecule has 0 aromatic heterocycles. The minimum atomic E-state index is -0.589. The van der Waals surface area contributed by atoms with E-state index in [1.165, 1.54) is 0 Å². The van der Waals surface area contributed by atoms with Gasteiger partial charge in [-0.2, -0.15) is 0 Å². The summed E-state index contributed by atoms with van der Waals surface area (Å²) >= 11 is 0. The van der Waals surface area contributed by atoms with Crippen molar-refractivity contribution < 1.29 is 19.4 Å². The zero-order chi connectivity index (χ0) is 17.5. The van der Waals surface area contributed by atoms with Crippen LogP contribution in [0.4, 0.5) is 0 Å². The fraction of sp³-hybridized carbons (Fsp3) is 0.765. The van der Waals surface area contributed by atoms with Gasteiger partial charge in [0.05, 0.1) is 6.73 Å². The molecule has 6 heteroatoms. The van der Waals surface area contributed by atoms with Crippen LogP contribution in [0.25, 0.3) is 0 Å². The number of ether oxygens (including phenoxy) is 1. The molecule has 0 saturated carbocycles. The number of aliphatic hydroxyl groups excluding tert-OH is 1. The number of hydrogen-bond acceptors (Lipinski definition) is 5. The average Bonchev–Trinajstić information content (AvgIpc) is 2.55. The number of allylic oxidation sites excluding steroid dienone is 1. The molecule has 134 valence electrons. The van der Waals surface area contributed by atoms with Gasteiger partial charge >= 0.3 is 5.97 Å². The number of amides is 1. The van der Waals surface area contributed by atoms with Crippen LogP contribution in [0.5, 0.6) is 0 Å². The molecule has 2 atom stereocenters. The number of aliphatic hydroxyl groups is 1. The van der Waals surface area contributed by atoms with E-state index in [4.69, 9.17) is 9.84 Å². The van der Waals surface area contributed by atoms with Gasteiger partial charge in [-0.15, -0.1) is 0 Å².